The van der Waals surface area contributed by atoms with Crippen molar-refractivity contribution < 1.29 is 20.1 Å². The van der Waals surface area contributed by atoms with Crippen LogP contribution in [0.2, 0.25) is 0 Å². The number of hydrogen-bond acceptors (Lipinski definition) is 6. The monoisotopic (exact) mass is 369 g/mol. The van der Waals surface area contributed by atoms with E-state index in [1.807, 2.05) is 24.3 Å². The molecule has 0 bridgehead atoms. The summed E-state index contributed by atoms with van der Waals surface area (Å²) < 4.78 is 5.82. The zero-order valence-corrected chi connectivity index (χ0v) is 14.7. The van der Waals surface area contributed by atoms with E-state index in [9.17, 15) is 15.3 Å². The normalized spacial score (nSPS) is 12.7. The second kappa shape index (κ2) is 8.32. The van der Waals surface area contributed by atoms with Crippen LogP contribution in [-0.2, 0) is 0 Å². The third-order valence-electron chi connectivity index (χ3n) is 4.39. The number of ether oxygens (including phenoxy) is 1. The topological polar surface area (TPSA) is 125 Å². The summed E-state index contributed by atoms with van der Waals surface area (Å²) in [7, 11) is 0. The number of rotatable bonds is 8. The highest BCUT2D eigenvalue weighted by atomic mass is 16.5. The average molecular weight is 369 g/mol. The molecule has 0 saturated heterocycles. The number of aromatic amines is 1. The van der Waals surface area contributed by atoms with Gasteiger partial charge >= 0.3 is 0 Å². The Morgan fingerprint density at radius 1 is 1.00 bits per heavy atom. The van der Waals surface area contributed by atoms with Gasteiger partial charge < -0.3 is 30.8 Å². The van der Waals surface area contributed by atoms with E-state index in [0.29, 0.717) is 17.1 Å². The molecule has 6 N–H and O–H groups in total. The van der Waals surface area contributed by atoms with Crippen LogP contribution in [0.1, 0.15) is 18.1 Å². The van der Waals surface area contributed by atoms with E-state index in [1.54, 1.807) is 36.8 Å². The number of hydrogen-bond donors (Lipinski definition) is 5. The highest BCUT2D eigenvalue weighted by Gasteiger charge is 2.27. The van der Waals surface area contributed by atoms with Gasteiger partial charge in [-0.3, -0.25) is 0 Å². The molecule has 3 rings (SSSR count). The summed E-state index contributed by atoms with van der Waals surface area (Å²) in [6.07, 6.45) is 2.54. The molecule has 7 nitrogen and oxygen atoms in total. The van der Waals surface area contributed by atoms with E-state index in [0.717, 1.165) is 11.3 Å². The molecule has 0 fully saturated rings. The number of nitrogens with zero attached hydrogens (tertiary/aromatic N) is 1. The van der Waals surface area contributed by atoms with Crippen molar-refractivity contribution in [2.24, 2.45) is 5.73 Å². The van der Waals surface area contributed by atoms with E-state index >= 15 is 0 Å². The van der Waals surface area contributed by atoms with Crippen LogP contribution in [0, 0.1) is 0 Å². The molecule has 0 radical (unpaired) electrons. The quantitative estimate of drug-likeness (QED) is 0.413. The molecule has 0 amide bonds. The summed E-state index contributed by atoms with van der Waals surface area (Å²) in [5, 5.41) is 28.8. The lowest BCUT2D eigenvalue weighted by Crippen LogP contribution is -2.48. The minimum Gasteiger partial charge on any atom is -0.457 e. The lowest BCUT2D eigenvalue weighted by molar-refractivity contribution is 0.0618. The van der Waals surface area contributed by atoms with Gasteiger partial charge in [-0.2, -0.15) is 0 Å². The first kappa shape index (κ1) is 19.1. The van der Waals surface area contributed by atoms with E-state index in [1.165, 1.54) is 0 Å². The van der Waals surface area contributed by atoms with E-state index in [-0.39, 0.29) is 6.42 Å². The number of nitrogens with one attached hydrogen (secondary N) is 1. The van der Waals surface area contributed by atoms with Gasteiger partial charge in [0.1, 0.15) is 11.5 Å². The summed E-state index contributed by atoms with van der Waals surface area (Å²) in [5.41, 5.74) is 7.18. The van der Waals surface area contributed by atoms with E-state index < -0.39 is 24.9 Å². The molecule has 0 saturated carbocycles. The van der Waals surface area contributed by atoms with Crippen LogP contribution in [0.3, 0.4) is 0 Å². The molecular formula is C20H23N3O4. The number of aliphatic hydroxyl groups is 3. The summed E-state index contributed by atoms with van der Waals surface area (Å²) >= 11 is 0. The van der Waals surface area contributed by atoms with Crippen molar-refractivity contribution in [3.8, 4) is 22.8 Å². The third kappa shape index (κ3) is 4.72. The number of aromatic nitrogens is 2. The summed E-state index contributed by atoms with van der Waals surface area (Å²) in [4.78, 5) is 7.05. The fourth-order valence-electron chi connectivity index (χ4n) is 2.69. The molecule has 0 aliphatic carbocycles. The molecule has 1 aromatic heterocycles. The van der Waals surface area contributed by atoms with Crippen molar-refractivity contribution in [3.05, 3.63) is 66.6 Å². The maximum absolute atomic E-state index is 10.3. The van der Waals surface area contributed by atoms with Crippen LogP contribution in [0.4, 0.5) is 0 Å². The van der Waals surface area contributed by atoms with Crippen LogP contribution in [0.5, 0.6) is 11.5 Å². The van der Waals surface area contributed by atoms with Crippen molar-refractivity contribution in [1.82, 2.24) is 9.97 Å². The number of benzene rings is 2. The van der Waals surface area contributed by atoms with Gasteiger partial charge in [0.15, 0.2) is 0 Å². The molecule has 3 aromatic rings. The number of nitrogens with two attached hydrogens (primary N) is 1. The molecule has 2 aromatic carbocycles. The van der Waals surface area contributed by atoms with E-state index in [4.69, 9.17) is 10.5 Å². The van der Waals surface area contributed by atoms with Gasteiger partial charge in [-0.1, -0.05) is 12.1 Å². The van der Waals surface area contributed by atoms with Crippen LogP contribution >= 0.6 is 0 Å². The van der Waals surface area contributed by atoms with Crippen LogP contribution < -0.4 is 10.5 Å². The second-order valence-electron chi connectivity index (χ2n) is 6.56. The Labute approximate surface area is 157 Å². The molecule has 142 valence electrons. The van der Waals surface area contributed by atoms with Crippen LogP contribution in [-0.4, -0.2) is 44.0 Å². The fraction of sp³-hybridized carbons (Fsp3) is 0.250. The second-order valence-corrected chi connectivity index (χ2v) is 6.56. The average Bonchev–Trinajstić information content (AvgIpc) is 3.24. The Morgan fingerprint density at radius 2 is 1.59 bits per heavy atom. The Hall–Kier alpha value is -2.71. The lowest BCUT2D eigenvalue weighted by atomic mass is 9.92. The zero-order valence-electron chi connectivity index (χ0n) is 14.7. The maximum Gasteiger partial charge on any atom is 0.127 e. The number of H-pyrrole nitrogens is 1. The molecule has 0 aliphatic heterocycles. The minimum atomic E-state index is -1.22. The SMILES string of the molecule is NC(CO)(CO)CC(O)c1ccc(Oc2ccc(-c3cnc[nH]3)cc2)cc1. The maximum atomic E-state index is 10.3. The smallest absolute Gasteiger partial charge is 0.127 e. The van der Waals surface area contributed by atoms with Gasteiger partial charge in [-0.05, 0) is 53.9 Å². The summed E-state index contributed by atoms with van der Waals surface area (Å²) in [6, 6.07) is 14.6. The predicted molar refractivity (Wildman–Crippen MR) is 101 cm³/mol. The number of aliphatic hydroxyl groups excluding tert-OH is 3. The molecule has 1 heterocycles. The summed E-state index contributed by atoms with van der Waals surface area (Å²) in [5.74, 6) is 1.32. The van der Waals surface area contributed by atoms with Crippen LogP contribution in [0.25, 0.3) is 11.3 Å². The largest absolute Gasteiger partial charge is 0.457 e. The summed E-state index contributed by atoms with van der Waals surface area (Å²) in [6.45, 7) is -0.813. The van der Waals surface area contributed by atoms with Crippen molar-refractivity contribution in [1.29, 1.82) is 0 Å². The van der Waals surface area contributed by atoms with Gasteiger partial charge in [-0.25, -0.2) is 4.98 Å². The molecule has 0 spiro atoms. The molecule has 1 unspecified atom stereocenters. The molecule has 0 aliphatic rings. The Balaban J connectivity index is 1.63. The van der Waals surface area contributed by atoms with Gasteiger partial charge in [-0.15, -0.1) is 0 Å². The minimum absolute atomic E-state index is 0.0509. The predicted octanol–water partition coefficient (Wildman–Crippen LogP) is 1.97. The molecule has 27 heavy (non-hydrogen) atoms. The van der Waals surface area contributed by atoms with Gasteiger partial charge in [0.05, 0.1) is 43.1 Å². The van der Waals surface area contributed by atoms with Crippen molar-refractivity contribution >= 4 is 0 Å². The highest BCUT2D eigenvalue weighted by Crippen LogP contribution is 2.28. The van der Waals surface area contributed by atoms with Crippen LogP contribution in [0.15, 0.2) is 61.1 Å². The zero-order chi connectivity index (χ0) is 19.3. The first-order valence-corrected chi connectivity index (χ1v) is 8.58. The highest BCUT2D eigenvalue weighted by molar-refractivity contribution is 5.59. The first-order chi connectivity index (χ1) is 13.0. The Morgan fingerprint density at radius 3 is 2.11 bits per heavy atom. The van der Waals surface area contributed by atoms with E-state index in [2.05, 4.69) is 9.97 Å². The van der Waals surface area contributed by atoms with Gasteiger partial charge in [0, 0.05) is 0 Å². The fourth-order valence-corrected chi connectivity index (χ4v) is 2.69. The molecule has 7 heteroatoms. The van der Waals surface area contributed by atoms with Crippen molar-refractivity contribution in [3.63, 3.8) is 0 Å². The Kier molecular flexibility index (Phi) is 5.88. The number of imidazole rings is 1. The van der Waals surface area contributed by atoms with Gasteiger partial charge in [0.2, 0.25) is 0 Å². The molecule has 1 atom stereocenters. The standard InChI is InChI=1S/C20H23N3O4/c21-20(11-24,12-25)9-19(26)15-3-7-17(8-4-15)27-16-5-1-14(2-6-16)18-10-22-13-23-18/h1-8,10,13,19,24-26H,9,11-12,21H2,(H,22,23). The lowest BCUT2D eigenvalue weighted by Gasteiger charge is -2.27. The molecular weight excluding hydrogens is 346 g/mol. The van der Waals surface area contributed by atoms with Crippen molar-refractivity contribution in [2.75, 3.05) is 13.2 Å². The first-order valence-electron chi connectivity index (χ1n) is 8.58. The van der Waals surface area contributed by atoms with Gasteiger partial charge in [0.25, 0.3) is 0 Å². The Bertz CT molecular complexity index is 829. The third-order valence-corrected chi connectivity index (χ3v) is 4.39. The van der Waals surface area contributed by atoms with Crippen molar-refractivity contribution in [2.45, 2.75) is 18.1 Å².